The number of fused-ring (bicyclic) bond motifs is 1. The molecule has 4 rings (SSSR count). The molecule has 0 amide bonds. The van der Waals surface area contributed by atoms with Crippen LogP contribution in [-0.4, -0.2) is 33.6 Å². The Kier molecular flexibility index (Phi) is 8.66. The van der Waals surface area contributed by atoms with Gasteiger partial charge in [-0.3, -0.25) is 0 Å². The van der Waals surface area contributed by atoms with Crippen LogP contribution in [0.1, 0.15) is 105 Å². The quantitative estimate of drug-likeness (QED) is 0.112. The number of nitrogens with one attached hydrogen (secondary N) is 1. The molecule has 0 radical (unpaired) electrons. The summed E-state index contributed by atoms with van der Waals surface area (Å²) in [6.45, 7) is 23.2. The van der Waals surface area contributed by atoms with Gasteiger partial charge < -0.3 is 9.74 Å². The van der Waals surface area contributed by atoms with Crippen molar-refractivity contribution in [1.82, 2.24) is 5.32 Å². The fourth-order valence-electron chi connectivity index (χ4n) is 8.72. The molecule has 6 heteroatoms. The van der Waals surface area contributed by atoms with E-state index >= 15 is 0 Å². The summed E-state index contributed by atoms with van der Waals surface area (Å²) < 4.78 is 7.05. The molecule has 0 aromatic heterocycles. The molecule has 0 aromatic rings. The second-order valence-electron chi connectivity index (χ2n) is 15.3. The van der Waals surface area contributed by atoms with Crippen molar-refractivity contribution in [3.63, 3.8) is 0 Å². The highest BCUT2D eigenvalue weighted by atomic mass is 28.4. The summed E-state index contributed by atoms with van der Waals surface area (Å²) in [6.07, 6.45) is 14.2. The van der Waals surface area contributed by atoms with Crippen LogP contribution >= 0.6 is 0 Å². The Morgan fingerprint density at radius 1 is 1.08 bits per heavy atom. The molecular weight excluding hydrogens is 472 g/mol. The first-order valence-corrected chi connectivity index (χ1v) is 18.3. The molecule has 0 heterocycles. The van der Waals surface area contributed by atoms with Crippen molar-refractivity contribution in [2.45, 2.75) is 136 Å². The highest BCUT2D eigenvalue weighted by molar-refractivity contribution is 6.74. The monoisotopic (exact) mass is 528 g/mol. The molecule has 0 aromatic carbocycles. The zero-order valence-electron chi connectivity index (χ0n) is 25.1. The van der Waals surface area contributed by atoms with Gasteiger partial charge in [-0.25, -0.2) is 0 Å². The van der Waals surface area contributed by atoms with E-state index in [2.05, 4.69) is 69.6 Å². The van der Waals surface area contributed by atoms with E-state index in [-0.39, 0.29) is 15.9 Å². The van der Waals surface area contributed by atoms with E-state index in [9.17, 15) is 5.53 Å². The highest BCUT2D eigenvalue weighted by Crippen LogP contribution is 2.63. The third-order valence-corrected chi connectivity index (χ3v) is 16.9. The van der Waals surface area contributed by atoms with Crippen LogP contribution in [0.15, 0.2) is 17.3 Å². The Labute approximate surface area is 228 Å². The van der Waals surface area contributed by atoms with Crippen molar-refractivity contribution in [2.24, 2.45) is 39.6 Å². The molecule has 0 aliphatic heterocycles. The largest absolute Gasteiger partial charge is 0.414 e. The number of hydrogen-bond donors (Lipinski definition) is 1. The van der Waals surface area contributed by atoms with Crippen LogP contribution < -0.4 is 5.32 Å². The molecule has 7 atom stereocenters. The molecule has 4 aliphatic carbocycles. The van der Waals surface area contributed by atoms with Crippen molar-refractivity contribution < 1.29 is 4.43 Å². The normalized spacial score (nSPS) is 39.4. The van der Waals surface area contributed by atoms with Crippen molar-refractivity contribution in [3.8, 4) is 0 Å². The van der Waals surface area contributed by atoms with Crippen molar-refractivity contribution in [3.05, 3.63) is 22.6 Å². The van der Waals surface area contributed by atoms with Gasteiger partial charge in [0.25, 0.3) is 0 Å². The van der Waals surface area contributed by atoms with Gasteiger partial charge in [-0.15, -0.1) is 0 Å². The maximum atomic E-state index is 9.30. The zero-order valence-corrected chi connectivity index (χ0v) is 26.1. The fraction of sp³-hybridized carbons (Fsp3) is 0.935. The van der Waals surface area contributed by atoms with Crippen molar-refractivity contribution >= 4 is 8.32 Å². The van der Waals surface area contributed by atoms with Gasteiger partial charge in [0.1, 0.15) is 0 Å². The summed E-state index contributed by atoms with van der Waals surface area (Å²) in [4.78, 5) is 3.25. The fourth-order valence-corrected chi connectivity index (χ4v) is 10.1. The summed E-state index contributed by atoms with van der Waals surface area (Å²) in [7, 11) is -1.81. The number of rotatable bonds is 8. The average Bonchev–Trinajstić information content (AvgIpc) is 3.45. The van der Waals surface area contributed by atoms with Crippen LogP contribution in [0.2, 0.25) is 18.1 Å². The van der Waals surface area contributed by atoms with Gasteiger partial charge in [0.2, 0.25) is 0 Å². The number of azide groups is 1. The first-order chi connectivity index (χ1) is 17.3. The van der Waals surface area contributed by atoms with Crippen LogP contribution in [0.4, 0.5) is 0 Å². The van der Waals surface area contributed by atoms with Gasteiger partial charge in [0.15, 0.2) is 8.32 Å². The van der Waals surface area contributed by atoms with E-state index in [4.69, 9.17) is 4.43 Å². The standard InChI is InChI=1S/C31H56N4OSi/c1-22-13-14-27-26(21-34-35-32)28(16-18-30(22,27)5)31(6)17-15-25(36-37(7,8)29(2,3)4)19-23(31)20-33-24-11-9-10-12-24/h23-28,33H,1,9-21H2,2-8H3/t23-,25+,26+,27?,28?,30-,31+/m1/s1. The molecular formula is C31H56N4OSi. The zero-order chi connectivity index (χ0) is 27.1. The predicted octanol–water partition coefficient (Wildman–Crippen LogP) is 9.02. The lowest BCUT2D eigenvalue weighted by atomic mass is 9.49. The summed E-state index contributed by atoms with van der Waals surface area (Å²) in [5.41, 5.74) is 11.2. The van der Waals surface area contributed by atoms with Gasteiger partial charge >= 0.3 is 0 Å². The maximum absolute atomic E-state index is 9.30. The topological polar surface area (TPSA) is 70.0 Å². The van der Waals surface area contributed by atoms with Crippen molar-refractivity contribution in [2.75, 3.05) is 13.1 Å². The molecule has 37 heavy (non-hydrogen) atoms. The summed E-state index contributed by atoms with van der Waals surface area (Å²) in [6, 6.07) is 0.692. The molecule has 0 saturated heterocycles. The smallest absolute Gasteiger partial charge is 0.192 e. The van der Waals surface area contributed by atoms with Crippen LogP contribution in [0.3, 0.4) is 0 Å². The number of nitrogens with zero attached hydrogens (tertiary/aromatic N) is 3. The minimum Gasteiger partial charge on any atom is -0.414 e. The molecule has 0 spiro atoms. The Morgan fingerprint density at radius 3 is 2.43 bits per heavy atom. The second-order valence-corrected chi connectivity index (χ2v) is 20.0. The molecule has 0 bridgehead atoms. The van der Waals surface area contributed by atoms with E-state index in [1.807, 2.05) is 0 Å². The second kappa shape index (κ2) is 11.0. The van der Waals surface area contributed by atoms with Gasteiger partial charge in [0, 0.05) is 23.6 Å². The summed E-state index contributed by atoms with van der Waals surface area (Å²) in [5.74, 6) is 2.27. The molecule has 210 valence electrons. The van der Waals surface area contributed by atoms with E-state index in [1.165, 1.54) is 69.8 Å². The first-order valence-electron chi connectivity index (χ1n) is 15.4. The van der Waals surface area contributed by atoms with Crippen LogP contribution in [-0.2, 0) is 4.43 Å². The number of hydrogen-bond acceptors (Lipinski definition) is 3. The van der Waals surface area contributed by atoms with Gasteiger partial charge in [0.05, 0.1) is 0 Å². The predicted molar refractivity (Wildman–Crippen MR) is 158 cm³/mol. The molecule has 4 aliphatic rings. The Hall–Kier alpha value is -0.813. The van der Waals surface area contributed by atoms with E-state index in [0.717, 1.165) is 13.0 Å². The SMILES string of the molecule is C=C1CCC2[C@H](CN=[N+]=[N-])C([C@@]3(C)CC[C@H](O[Si](C)(C)C(C)(C)C)C[C@@H]3CNC3CCCC3)CC[C@]12C. The van der Waals surface area contributed by atoms with Crippen LogP contribution in [0, 0.1) is 34.5 Å². The van der Waals surface area contributed by atoms with Gasteiger partial charge in [-0.1, -0.05) is 64.7 Å². The highest BCUT2D eigenvalue weighted by Gasteiger charge is 2.57. The molecule has 1 N–H and O–H groups in total. The Balaban J connectivity index is 1.59. The minimum absolute atomic E-state index is 0.225. The molecule has 5 nitrogen and oxygen atoms in total. The third-order valence-electron chi connectivity index (χ3n) is 12.4. The molecule has 2 unspecified atom stereocenters. The van der Waals surface area contributed by atoms with E-state index in [1.54, 1.807) is 0 Å². The lowest BCUT2D eigenvalue weighted by Gasteiger charge is -2.57. The van der Waals surface area contributed by atoms with Gasteiger partial charge in [-0.05, 0) is 122 Å². The lowest BCUT2D eigenvalue weighted by Crippen LogP contribution is -2.54. The number of allylic oxidation sites excluding steroid dienone is 1. The minimum atomic E-state index is -1.81. The van der Waals surface area contributed by atoms with Crippen molar-refractivity contribution in [1.29, 1.82) is 0 Å². The van der Waals surface area contributed by atoms with Gasteiger partial charge in [-0.2, -0.15) is 0 Å². The first kappa shape index (κ1) is 29.2. The molecule has 4 saturated carbocycles. The lowest BCUT2D eigenvalue weighted by molar-refractivity contribution is -0.0762. The van der Waals surface area contributed by atoms with E-state index < -0.39 is 8.32 Å². The average molecular weight is 529 g/mol. The van der Waals surface area contributed by atoms with Crippen LogP contribution in [0.25, 0.3) is 10.4 Å². The van der Waals surface area contributed by atoms with Crippen LogP contribution in [0.5, 0.6) is 0 Å². The maximum Gasteiger partial charge on any atom is 0.192 e. The third kappa shape index (κ3) is 5.74. The van der Waals surface area contributed by atoms with E-state index in [0.29, 0.717) is 42.4 Å². The summed E-state index contributed by atoms with van der Waals surface area (Å²) in [5, 5.41) is 8.51. The Bertz CT molecular complexity index is 871. The Morgan fingerprint density at radius 2 is 1.78 bits per heavy atom. The summed E-state index contributed by atoms with van der Waals surface area (Å²) >= 11 is 0. The molecule has 4 fully saturated rings.